The van der Waals surface area contributed by atoms with Crippen LogP contribution in [0, 0.1) is 6.92 Å². The van der Waals surface area contributed by atoms with Crippen molar-refractivity contribution < 1.29 is 0 Å². The molecule has 4 rings (SSSR count). The van der Waals surface area contributed by atoms with Crippen LogP contribution in [0.1, 0.15) is 87.2 Å². The van der Waals surface area contributed by atoms with Crippen LogP contribution in [-0.2, 0) is 6.42 Å². The normalized spacial score (nSPS) is 18.2. The molecule has 0 aromatic carbocycles. The monoisotopic (exact) mass is 396 g/mol. The predicted molar refractivity (Wildman–Crippen MR) is 120 cm³/mol. The van der Waals surface area contributed by atoms with E-state index in [4.69, 9.17) is 0 Å². The lowest BCUT2D eigenvalue weighted by molar-refractivity contribution is 0.225. The van der Waals surface area contributed by atoms with E-state index >= 15 is 0 Å². The second kappa shape index (κ2) is 8.78. The quantitative estimate of drug-likeness (QED) is 0.630. The fourth-order valence-electron chi connectivity index (χ4n) is 4.87. The van der Waals surface area contributed by atoms with Gasteiger partial charge >= 0.3 is 0 Å². The molecule has 5 heteroatoms. The van der Waals surface area contributed by atoms with E-state index < -0.39 is 0 Å². The Kier molecular flexibility index (Phi) is 6.14. The lowest BCUT2D eigenvalue weighted by atomic mass is 9.94. The van der Waals surface area contributed by atoms with Gasteiger partial charge in [-0.25, -0.2) is 0 Å². The molecule has 0 spiro atoms. The average Bonchev–Trinajstić information content (AvgIpc) is 3.41. The van der Waals surface area contributed by atoms with Crippen LogP contribution in [-0.4, -0.2) is 39.7 Å². The molecule has 158 valence electrons. The van der Waals surface area contributed by atoms with Crippen LogP contribution in [0.2, 0.25) is 0 Å². The molecule has 2 fully saturated rings. The molecular formula is C24H36N4O. The van der Waals surface area contributed by atoms with Crippen LogP contribution >= 0.6 is 0 Å². The molecule has 1 aliphatic heterocycles. The van der Waals surface area contributed by atoms with Gasteiger partial charge in [-0.1, -0.05) is 20.3 Å². The van der Waals surface area contributed by atoms with Gasteiger partial charge in [-0.15, -0.1) is 0 Å². The highest BCUT2D eigenvalue weighted by molar-refractivity contribution is 5.60. The lowest BCUT2D eigenvalue weighted by Crippen LogP contribution is -2.33. The number of unbranched alkanes of at least 4 members (excludes halogenated alkanes) is 1. The largest absolute Gasteiger partial charge is 0.359 e. The Morgan fingerprint density at radius 1 is 1.07 bits per heavy atom. The molecule has 2 aromatic heterocycles. The molecule has 2 aliphatic rings. The Balaban J connectivity index is 1.54. The molecular weight excluding hydrogens is 360 g/mol. The van der Waals surface area contributed by atoms with Crippen LogP contribution in [0.15, 0.2) is 4.79 Å². The average molecular weight is 397 g/mol. The number of H-pyrrole nitrogens is 3. The maximum Gasteiger partial charge on any atom is 0.271 e. The third-order valence-electron chi connectivity index (χ3n) is 6.52. The Hall–Kier alpha value is -2.01. The van der Waals surface area contributed by atoms with E-state index in [1.54, 1.807) is 0 Å². The number of aromatic nitrogens is 3. The number of hydrogen-bond donors (Lipinski definition) is 3. The van der Waals surface area contributed by atoms with Crippen molar-refractivity contribution in [1.82, 2.24) is 20.1 Å². The minimum absolute atomic E-state index is 0.0237. The topological polar surface area (TPSA) is 67.7 Å². The third-order valence-corrected chi connectivity index (χ3v) is 6.52. The number of nitrogens with one attached hydrogen (secondary N) is 3. The summed E-state index contributed by atoms with van der Waals surface area (Å²) >= 11 is 0. The molecule has 1 aliphatic carbocycles. The molecule has 2 aromatic rings. The first-order chi connectivity index (χ1) is 14.0. The SMILES string of the molecule is Cc1[nH]c(C=c2c(=O)[nH][nH]c2=C2CC2)c(C(C)C)c1CCCCN1CCCCC1. The Labute approximate surface area is 173 Å². The van der Waals surface area contributed by atoms with Crippen molar-refractivity contribution in [1.29, 1.82) is 0 Å². The van der Waals surface area contributed by atoms with Crippen molar-refractivity contribution in [3.05, 3.63) is 43.4 Å². The molecule has 3 N–H and O–H groups in total. The van der Waals surface area contributed by atoms with Gasteiger partial charge in [0.2, 0.25) is 0 Å². The number of nitrogens with zero attached hydrogens (tertiary/aromatic N) is 1. The van der Waals surface area contributed by atoms with E-state index in [9.17, 15) is 4.79 Å². The zero-order valence-corrected chi connectivity index (χ0v) is 18.3. The smallest absolute Gasteiger partial charge is 0.271 e. The number of likely N-dealkylation sites (tertiary alicyclic amines) is 1. The van der Waals surface area contributed by atoms with Crippen molar-refractivity contribution >= 4 is 11.6 Å². The number of hydrogen-bond acceptors (Lipinski definition) is 2. The van der Waals surface area contributed by atoms with Gasteiger partial charge in [0, 0.05) is 11.4 Å². The van der Waals surface area contributed by atoms with Crippen LogP contribution in [0.5, 0.6) is 0 Å². The van der Waals surface area contributed by atoms with E-state index in [-0.39, 0.29) is 5.56 Å². The summed E-state index contributed by atoms with van der Waals surface area (Å²) in [6.07, 6.45) is 12.0. The van der Waals surface area contributed by atoms with Gasteiger partial charge in [0.05, 0.1) is 10.6 Å². The van der Waals surface area contributed by atoms with Crippen LogP contribution in [0.25, 0.3) is 11.6 Å². The summed E-state index contributed by atoms with van der Waals surface area (Å²) in [5.41, 5.74) is 6.53. The predicted octanol–water partition coefficient (Wildman–Crippen LogP) is 3.04. The number of aromatic amines is 3. The number of aryl methyl sites for hydroxylation is 1. The zero-order chi connectivity index (χ0) is 20.4. The van der Waals surface area contributed by atoms with Crippen LogP contribution in [0.3, 0.4) is 0 Å². The molecule has 1 saturated heterocycles. The van der Waals surface area contributed by atoms with Crippen molar-refractivity contribution in [3.63, 3.8) is 0 Å². The van der Waals surface area contributed by atoms with Gasteiger partial charge in [-0.3, -0.25) is 15.0 Å². The molecule has 0 unspecified atom stereocenters. The zero-order valence-electron chi connectivity index (χ0n) is 18.3. The molecule has 0 radical (unpaired) electrons. The summed E-state index contributed by atoms with van der Waals surface area (Å²) in [6, 6.07) is 0. The highest BCUT2D eigenvalue weighted by atomic mass is 16.1. The Morgan fingerprint density at radius 2 is 1.83 bits per heavy atom. The summed E-state index contributed by atoms with van der Waals surface area (Å²) < 4.78 is 0. The van der Waals surface area contributed by atoms with Crippen molar-refractivity contribution in [2.45, 2.75) is 78.1 Å². The maximum absolute atomic E-state index is 12.4. The highest BCUT2D eigenvalue weighted by Gasteiger charge is 2.18. The summed E-state index contributed by atoms with van der Waals surface area (Å²) in [7, 11) is 0. The first-order valence-electron chi connectivity index (χ1n) is 11.5. The fourth-order valence-corrected chi connectivity index (χ4v) is 4.87. The molecule has 0 bridgehead atoms. The van der Waals surface area contributed by atoms with Crippen LogP contribution < -0.4 is 16.1 Å². The Morgan fingerprint density at radius 3 is 2.52 bits per heavy atom. The van der Waals surface area contributed by atoms with E-state index in [1.165, 1.54) is 74.1 Å². The minimum atomic E-state index is -0.0237. The summed E-state index contributed by atoms with van der Waals surface area (Å²) in [4.78, 5) is 18.6. The lowest BCUT2D eigenvalue weighted by Gasteiger charge is -2.26. The van der Waals surface area contributed by atoms with Gasteiger partial charge in [-0.2, -0.15) is 0 Å². The van der Waals surface area contributed by atoms with Crippen molar-refractivity contribution in [2.75, 3.05) is 19.6 Å². The van der Waals surface area contributed by atoms with E-state index in [1.807, 2.05) is 0 Å². The van der Waals surface area contributed by atoms with Gasteiger partial charge in [0.25, 0.3) is 5.56 Å². The highest BCUT2D eigenvalue weighted by Crippen LogP contribution is 2.29. The molecule has 5 nitrogen and oxygen atoms in total. The second-order valence-corrected chi connectivity index (χ2v) is 9.19. The van der Waals surface area contributed by atoms with Gasteiger partial charge in [0.15, 0.2) is 0 Å². The maximum atomic E-state index is 12.4. The van der Waals surface area contributed by atoms with Crippen molar-refractivity contribution in [2.24, 2.45) is 0 Å². The number of piperidine rings is 1. The van der Waals surface area contributed by atoms with E-state index in [0.29, 0.717) is 5.92 Å². The van der Waals surface area contributed by atoms with Gasteiger partial charge in [0.1, 0.15) is 0 Å². The molecule has 29 heavy (non-hydrogen) atoms. The Bertz CT molecular complexity index is 1010. The molecule has 0 atom stereocenters. The van der Waals surface area contributed by atoms with Gasteiger partial charge < -0.3 is 9.88 Å². The summed E-state index contributed by atoms with van der Waals surface area (Å²) in [5.74, 6) is 0.429. The van der Waals surface area contributed by atoms with E-state index in [0.717, 1.165) is 35.5 Å². The molecule has 1 saturated carbocycles. The first-order valence-corrected chi connectivity index (χ1v) is 11.5. The summed E-state index contributed by atoms with van der Waals surface area (Å²) in [5, 5.41) is 7.62. The second-order valence-electron chi connectivity index (χ2n) is 9.19. The minimum Gasteiger partial charge on any atom is -0.359 e. The van der Waals surface area contributed by atoms with Crippen LogP contribution in [0.4, 0.5) is 0 Å². The first kappa shape index (κ1) is 20.3. The molecule has 0 amide bonds. The van der Waals surface area contributed by atoms with E-state index in [2.05, 4.69) is 46.9 Å². The summed E-state index contributed by atoms with van der Waals surface area (Å²) in [6.45, 7) is 10.5. The fraction of sp³-hybridized carbons (Fsp3) is 0.625. The van der Waals surface area contributed by atoms with Gasteiger partial charge in [-0.05, 0) is 100 Å². The third kappa shape index (κ3) is 4.61. The molecule has 3 heterocycles. The standard InChI is InChI=1S/C24H36N4O/c1-16(2)22-19(9-5-8-14-28-12-6-4-7-13-28)17(3)25-21(22)15-20-23(18-10-11-18)26-27-24(20)29/h15-16,25-26H,4-14H2,1-3H3,(H,27,29). The van der Waals surface area contributed by atoms with Crippen molar-refractivity contribution in [3.8, 4) is 0 Å². The number of rotatable bonds is 7.